The molecule has 2 aromatic heterocycles. The van der Waals surface area contributed by atoms with Crippen LogP contribution in [0, 0.1) is 13.8 Å². The van der Waals surface area contributed by atoms with Crippen LogP contribution < -0.4 is 5.32 Å². The monoisotopic (exact) mass is 379 g/mol. The fraction of sp³-hybridized carbons (Fsp3) is 0.500. The van der Waals surface area contributed by atoms with Crippen molar-refractivity contribution in [2.45, 2.75) is 26.8 Å². The highest BCUT2D eigenvalue weighted by Gasteiger charge is 2.29. The minimum absolute atomic E-state index is 0.0441. The molecule has 9 nitrogen and oxygen atoms in total. The highest BCUT2D eigenvalue weighted by Crippen LogP contribution is 2.14. The maximum atomic E-state index is 12.7. The summed E-state index contributed by atoms with van der Waals surface area (Å²) in [4.78, 5) is 31.0. The number of hydrogen-bond donors (Lipinski definition) is 1. The largest absolute Gasteiger partial charge is 0.340 e. The highest BCUT2D eigenvalue weighted by atomic mass is 32.2. The van der Waals surface area contributed by atoms with Crippen molar-refractivity contribution in [2.75, 3.05) is 24.6 Å². The molecular formula is C16H21N5O4S. The van der Waals surface area contributed by atoms with Gasteiger partial charge in [-0.3, -0.25) is 9.59 Å². The van der Waals surface area contributed by atoms with Gasteiger partial charge in [0.25, 0.3) is 5.91 Å². The van der Waals surface area contributed by atoms with E-state index in [1.165, 1.54) is 4.90 Å². The van der Waals surface area contributed by atoms with E-state index >= 15 is 0 Å². The normalized spacial score (nSPS) is 17.9. The summed E-state index contributed by atoms with van der Waals surface area (Å²) in [6.07, 6.45) is 1.60. The first-order chi connectivity index (χ1) is 12.2. The van der Waals surface area contributed by atoms with Gasteiger partial charge in [0.2, 0.25) is 5.91 Å². The number of amides is 2. The number of fused-ring (bicyclic) bond motifs is 1. The van der Waals surface area contributed by atoms with Crippen LogP contribution in [0.3, 0.4) is 0 Å². The fourth-order valence-corrected chi connectivity index (χ4v) is 4.30. The van der Waals surface area contributed by atoms with Crippen LogP contribution in [0.1, 0.15) is 28.7 Å². The number of aryl methyl sites for hydroxylation is 2. The number of rotatable bonds is 3. The summed E-state index contributed by atoms with van der Waals surface area (Å²) in [6, 6.07) is 0.980. The van der Waals surface area contributed by atoms with E-state index in [4.69, 9.17) is 0 Å². The third kappa shape index (κ3) is 3.41. The van der Waals surface area contributed by atoms with Gasteiger partial charge in [-0.1, -0.05) is 0 Å². The van der Waals surface area contributed by atoms with Crippen LogP contribution in [0.5, 0.6) is 0 Å². The third-order valence-corrected chi connectivity index (χ3v) is 6.16. The standard InChI is InChI=1S/C16H21N5O4S/c1-10-14(12(3)21-13(18-10)4-5-17-21)15(22)19-11(2)16(23)20-6-8-26(24,25)9-7-20/h4-5,11H,6-9H2,1-3H3,(H,19,22). The molecule has 2 amide bonds. The Bertz CT molecular complexity index is 968. The van der Waals surface area contributed by atoms with Crippen molar-refractivity contribution < 1.29 is 18.0 Å². The summed E-state index contributed by atoms with van der Waals surface area (Å²) in [5, 5.41) is 6.84. The smallest absolute Gasteiger partial charge is 0.255 e. The molecule has 1 N–H and O–H groups in total. The van der Waals surface area contributed by atoms with Gasteiger partial charge in [0.15, 0.2) is 15.5 Å². The molecule has 1 aliphatic rings. The molecule has 26 heavy (non-hydrogen) atoms. The molecule has 140 valence electrons. The molecule has 3 heterocycles. The quantitative estimate of drug-likeness (QED) is 0.785. The van der Waals surface area contributed by atoms with E-state index in [-0.39, 0.29) is 30.5 Å². The Balaban J connectivity index is 1.74. The Morgan fingerprint density at radius 2 is 1.88 bits per heavy atom. The first kappa shape index (κ1) is 18.3. The van der Waals surface area contributed by atoms with Gasteiger partial charge in [0.1, 0.15) is 6.04 Å². The van der Waals surface area contributed by atoms with Gasteiger partial charge in [-0.15, -0.1) is 0 Å². The first-order valence-corrected chi connectivity index (χ1v) is 10.1. The Morgan fingerprint density at radius 3 is 2.54 bits per heavy atom. The second-order valence-electron chi connectivity index (χ2n) is 6.43. The number of carbonyl (C=O) groups excluding carboxylic acids is 2. The SMILES string of the molecule is Cc1nc2ccnn2c(C)c1C(=O)NC(C)C(=O)N1CCS(=O)(=O)CC1. The van der Waals surface area contributed by atoms with Crippen molar-refractivity contribution in [2.24, 2.45) is 0 Å². The van der Waals surface area contributed by atoms with Gasteiger partial charge in [-0.2, -0.15) is 5.10 Å². The molecule has 0 radical (unpaired) electrons. The summed E-state index contributed by atoms with van der Waals surface area (Å²) < 4.78 is 24.5. The molecule has 1 saturated heterocycles. The van der Waals surface area contributed by atoms with E-state index in [1.807, 2.05) is 0 Å². The molecule has 2 aromatic rings. The summed E-state index contributed by atoms with van der Waals surface area (Å²) in [5.74, 6) is -0.790. The lowest BCUT2D eigenvalue weighted by Crippen LogP contribution is -2.51. The number of nitrogens with zero attached hydrogens (tertiary/aromatic N) is 4. The van der Waals surface area contributed by atoms with Crippen molar-refractivity contribution in [3.05, 3.63) is 29.2 Å². The molecule has 1 unspecified atom stereocenters. The zero-order chi connectivity index (χ0) is 19.1. The maximum Gasteiger partial charge on any atom is 0.255 e. The number of sulfone groups is 1. The van der Waals surface area contributed by atoms with Gasteiger partial charge < -0.3 is 10.2 Å². The van der Waals surface area contributed by atoms with E-state index in [0.29, 0.717) is 22.6 Å². The van der Waals surface area contributed by atoms with Gasteiger partial charge in [-0.25, -0.2) is 17.9 Å². The average Bonchev–Trinajstić information content (AvgIpc) is 3.02. The first-order valence-electron chi connectivity index (χ1n) is 8.30. The lowest BCUT2D eigenvalue weighted by atomic mass is 10.1. The predicted molar refractivity (Wildman–Crippen MR) is 94.6 cm³/mol. The van der Waals surface area contributed by atoms with Gasteiger partial charge in [-0.05, 0) is 20.8 Å². The third-order valence-electron chi connectivity index (χ3n) is 4.55. The van der Waals surface area contributed by atoms with E-state index in [1.54, 1.807) is 37.5 Å². The second kappa shape index (κ2) is 6.67. The van der Waals surface area contributed by atoms with Gasteiger partial charge in [0.05, 0.1) is 34.7 Å². The Kier molecular flexibility index (Phi) is 4.70. The summed E-state index contributed by atoms with van der Waals surface area (Å²) in [6.45, 7) is 5.40. The zero-order valence-corrected chi connectivity index (χ0v) is 15.7. The topological polar surface area (TPSA) is 114 Å². The van der Waals surface area contributed by atoms with Crippen LogP contribution in [-0.4, -0.2) is 70.4 Å². The molecule has 1 fully saturated rings. The Labute approximate surface area is 151 Å². The van der Waals surface area contributed by atoms with Crippen molar-refractivity contribution >= 4 is 27.3 Å². The molecule has 0 bridgehead atoms. The number of nitrogens with one attached hydrogen (secondary N) is 1. The minimum atomic E-state index is -3.07. The predicted octanol–water partition coefficient (Wildman–Crippen LogP) is -0.279. The number of aromatic nitrogens is 3. The van der Waals surface area contributed by atoms with Gasteiger partial charge >= 0.3 is 0 Å². The van der Waals surface area contributed by atoms with Crippen molar-refractivity contribution in [3.8, 4) is 0 Å². The van der Waals surface area contributed by atoms with Gasteiger partial charge in [0, 0.05) is 19.2 Å². The van der Waals surface area contributed by atoms with E-state index < -0.39 is 21.8 Å². The number of hydrogen-bond acceptors (Lipinski definition) is 6. The molecule has 3 rings (SSSR count). The molecular weight excluding hydrogens is 358 g/mol. The van der Waals surface area contributed by atoms with Crippen LogP contribution in [0.15, 0.2) is 12.3 Å². The minimum Gasteiger partial charge on any atom is -0.340 e. The van der Waals surface area contributed by atoms with Crippen molar-refractivity contribution in [1.29, 1.82) is 0 Å². The van der Waals surface area contributed by atoms with Crippen LogP contribution in [0.2, 0.25) is 0 Å². The molecule has 0 spiro atoms. The number of carbonyl (C=O) groups is 2. The van der Waals surface area contributed by atoms with Crippen LogP contribution in [0.25, 0.3) is 5.65 Å². The van der Waals surface area contributed by atoms with E-state index in [9.17, 15) is 18.0 Å². The van der Waals surface area contributed by atoms with Crippen molar-refractivity contribution in [1.82, 2.24) is 24.8 Å². The van der Waals surface area contributed by atoms with E-state index in [0.717, 1.165) is 0 Å². The lowest BCUT2D eigenvalue weighted by Gasteiger charge is -2.29. The average molecular weight is 379 g/mol. The summed E-state index contributed by atoms with van der Waals surface area (Å²) >= 11 is 0. The molecule has 0 aromatic carbocycles. The Hall–Kier alpha value is -2.49. The zero-order valence-electron chi connectivity index (χ0n) is 14.9. The molecule has 1 aliphatic heterocycles. The maximum absolute atomic E-state index is 12.7. The van der Waals surface area contributed by atoms with Crippen LogP contribution in [-0.2, 0) is 14.6 Å². The van der Waals surface area contributed by atoms with Crippen LogP contribution >= 0.6 is 0 Å². The summed E-state index contributed by atoms with van der Waals surface area (Å²) in [5.41, 5.74) is 2.22. The highest BCUT2D eigenvalue weighted by molar-refractivity contribution is 7.91. The molecule has 0 aliphatic carbocycles. The molecule has 1 atom stereocenters. The van der Waals surface area contributed by atoms with Crippen molar-refractivity contribution in [3.63, 3.8) is 0 Å². The molecule has 10 heteroatoms. The Morgan fingerprint density at radius 1 is 1.23 bits per heavy atom. The summed E-state index contributed by atoms with van der Waals surface area (Å²) in [7, 11) is -3.07. The molecule has 0 saturated carbocycles. The van der Waals surface area contributed by atoms with Crippen LogP contribution in [0.4, 0.5) is 0 Å². The fourth-order valence-electron chi connectivity index (χ4n) is 3.10. The second-order valence-corrected chi connectivity index (χ2v) is 8.73. The lowest BCUT2D eigenvalue weighted by molar-refractivity contribution is -0.132. The van der Waals surface area contributed by atoms with E-state index in [2.05, 4.69) is 15.4 Å².